The monoisotopic (exact) mass is 1210 g/mol. The molecule has 0 radical (unpaired) electrons. The molecule has 0 spiro atoms. The van der Waals surface area contributed by atoms with Gasteiger partial charge in [0.2, 0.25) is 12.2 Å². The Hall–Kier alpha value is -5.95. The van der Waals surface area contributed by atoms with E-state index in [1.165, 1.54) is 39.4 Å². The van der Waals surface area contributed by atoms with Gasteiger partial charge in [-0.25, -0.2) is 9.59 Å². The van der Waals surface area contributed by atoms with Gasteiger partial charge in [0.15, 0.2) is 24.5 Å². The molecule has 0 bridgehead atoms. The van der Waals surface area contributed by atoms with E-state index in [0.717, 1.165) is 41.2 Å². The first-order chi connectivity index (χ1) is 40.5. The molecule has 1 amide bonds. The first kappa shape index (κ1) is 69.8. The first-order valence-corrected chi connectivity index (χ1v) is 29.1. The number of aromatic amines is 1. The Morgan fingerprint density at radius 3 is 2.09 bits per heavy atom. The number of H-pyrrole nitrogens is 1. The second kappa shape index (κ2) is 34.4. The molecule has 1 aromatic heterocycles. The van der Waals surface area contributed by atoms with E-state index >= 15 is 0 Å². The van der Waals surface area contributed by atoms with Gasteiger partial charge in [0.25, 0.3) is 5.56 Å². The highest BCUT2D eigenvalue weighted by Crippen LogP contribution is 2.37. The van der Waals surface area contributed by atoms with Gasteiger partial charge in [0, 0.05) is 72.3 Å². The Morgan fingerprint density at radius 2 is 1.47 bits per heavy atom. The summed E-state index contributed by atoms with van der Waals surface area (Å²) in [6, 6.07) is -2.22. The molecule has 17 atom stereocenters. The number of hydrogen-bond acceptors (Lipinski definition) is 23. The predicted molar refractivity (Wildman–Crippen MR) is 297 cm³/mol. The Kier molecular flexibility index (Phi) is 28.3. The lowest BCUT2D eigenvalue weighted by Gasteiger charge is -2.44. The molecule has 85 heavy (non-hydrogen) atoms. The highest BCUT2D eigenvalue weighted by atomic mass is 16.7. The highest BCUT2D eigenvalue weighted by molar-refractivity contribution is 5.89. The number of allylic oxidation sites excluding steroid dienone is 4. The molecule has 4 saturated heterocycles. The number of carbonyl (C=O) groups is 7. The number of aliphatic carboxylic acids is 2. The number of aromatic nitrogens is 2. The summed E-state index contributed by atoms with van der Waals surface area (Å²) in [6.07, 6.45) is -3.35. The van der Waals surface area contributed by atoms with E-state index in [1.54, 1.807) is 13.8 Å². The summed E-state index contributed by atoms with van der Waals surface area (Å²) in [4.78, 5) is 122. The number of esters is 4. The molecule has 478 valence electrons. The first-order valence-electron chi connectivity index (χ1n) is 29.1. The van der Waals surface area contributed by atoms with E-state index in [1.807, 2.05) is 12.2 Å². The molecule has 0 saturated carbocycles. The van der Waals surface area contributed by atoms with Gasteiger partial charge in [-0.05, 0) is 57.9 Å². The van der Waals surface area contributed by atoms with E-state index in [9.17, 15) is 58.5 Å². The van der Waals surface area contributed by atoms with Gasteiger partial charge in [0.1, 0.15) is 42.8 Å². The Bertz CT molecular complexity index is 2540. The quantitative estimate of drug-likeness (QED) is 0.0252. The number of methoxy groups -OCH3 is 2. The van der Waals surface area contributed by atoms with Crippen molar-refractivity contribution in [1.82, 2.24) is 19.4 Å². The van der Waals surface area contributed by atoms with Crippen LogP contribution >= 0.6 is 0 Å². The van der Waals surface area contributed by atoms with Crippen LogP contribution in [-0.4, -0.2) is 215 Å². The number of nitrogens with one attached hydrogen (secondary N) is 1. The van der Waals surface area contributed by atoms with Crippen LogP contribution in [0.2, 0.25) is 0 Å². The molecule has 1 aromatic rings. The molecule has 0 unspecified atom stereocenters. The van der Waals surface area contributed by atoms with Gasteiger partial charge in [-0.1, -0.05) is 57.9 Å². The van der Waals surface area contributed by atoms with Crippen LogP contribution in [0.4, 0.5) is 0 Å². The maximum absolute atomic E-state index is 14.7. The fourth-order valence-electron chi connectivity index (χ4n) is 10.9. The lowest BCUT2D eigenvalue weighted by atomic mass is 9.96. The van der Waals surface area contributed by atoms with Crippen molar-refractivity contribution in [3.63, 3.8) is 0 Å². The minimum atomic E-state index is -1.80. The van der Waals surface area contributed by atoms with E-state index < -0.39 is 183 Å². The molecular weight excluding hydrogens is 1120 g/mol. The molecule has 28 nitrogen and oxygen atoms in total. The third-order valence-corrected chi connectivity index (χ3v) is 15.3. The number of unbranched alkanes of at least 4 members (excludes halogenated alkanes) is 4. The number of rotatable bonds is 33. The summed E-state index contributed by atoms with van der Waals surface area (Å²) in [7, 11) is 5.27. The zero-order valence-corrected chi connectivity index (χ0v) is 49.5. The number of amides is 1. The number of carboxylic acid groups (broad SMARTS) is 2. The number of carboxylic acids is 2. The SMILES string of the molecule is CCCCC/C=C\C/C=C\CCC[C@H](CC(=O)O[C@@H]1CN(C)[C@@H]([C@H](O[C@H]2C[C@H](O)[C@@H](CN)O2)[C@H]2O[C@@H](n3ccc(=O)[nH]c3=O)C[C@@H]2O)C(=O)N(C)[C@H]1C(=O)O)OC(=O)C[C@@H](C)CC(=O)O[C@@H]1O[C@H](CC)[C@@H](OC)[C@@H](OC(=O)CCC(=O)O)[C@@H]1OC. The van der Waals surface area contributed by atoms with Crippen molar-refractivity contribution in [3.05, 3.63) is 57.4 Å². The highest BCUT2D eigenvalue weighted by Gasteiger charge is 2.55. The van der Waals surface area contributed by atoms with Crippen molar-refractivity contribution in [1.29, 1.82) is 0 Å². The third-order valence-electron chi connectivity index (χ3n) is 15.3. The molecule has 4 aliphatic rings. The number of nitrogens with two attached hydrogens (primary N) is 1. The Balaban J connectivity index is 1.31. The molecule has 4 aliphatic heterocycles. The van der Waals surface area contributed by atoms with Gasteiger partial charge < -0.3 is 78.4 Å². The molecule has 4 fully saturated rings. The summed E-state index contributed by atoms with van der Waals surface area (Å²) in [5.74, 6) is -7.75. The zero-order chi connectivity index (χ0) is 62.5. The number of ether oxygens (including phenoxy) is 10. The van der Waals surface area contributed by atoms with E-state index in [2.05, 4.69) is 24.1 Å². The summed E-state index contributed by atoms with van der Waals surface area (Å²) in [5.41, 5.74) is 4.29. The molecule has 5 rings (SSSR count). The second-order valence-corrected chi connectivity index (χ2v) is 21.9. The lowest BCUT2D eigenvalue weighted by Crippen LogP contribution is -2.61. The van der Waals surface area contributed by atoms with Crippen molar-refractivity contribution < 1.29 is 101 Å². The fourth-order valence-corrected chi connectivity index (χ4v) is 10.9. The summed E-state index contributed by atoms with van der Waals surface area (Å²) in [5, 5.41) is 42.0. The molecular formula is C57H87N5O23. The number of nitrogens with zero attached hydrogens (tertiary/aromatic N) is 3. The number of aliphatic hydroxyl groups is 2. The third kappa shape index (κ3) is 20.3. The van der Waals surface area contributed by atoms with Crippen LogP contribution in [0.1, 0.15) is 130 Å². The van der Waals surface area contributed by atoms with Crippen LogP contribution in [0.3, 0.4) is 0 Å². The van der Waals surface area contributed by atoms with Crippen LogP contribution in [-0.2, 0) is 80.9 Å². The average molecular weight is 1210 g/mol. The van der Waals surface area contributed by atoms with Crippen molar-refractivity contribution in [2.75, 3.05) is 41.4 Å². The number of carbonyl (C=O) groups excluding carboxylic acids is 5. The van der Waals surface area contributed by atoms with Crippen LogP contribution in [0.15, 0.2) is 46.2 Å². The maximum Gasteiger partial charge on any atom is 0.330 e. The van der Waals surface area contributed by atoms with Crippen molar-refractivity contribution in [2.45, 2.75) is 222 Å². The average Bonchev–Trinajstić information content (AvgIpc) is 3.86. The minimum Gasteiger partial charge on any atom is -0.481 e. The standard InChI is InChI=1S/C57H87N5O23/c1-8-10-11-12-13-14-15-16-17-18-19-20-33(78-43(69)25-32(3)26-44(70)84-56-53(77-7)52(50(76-6)36(9-2)81-56)83-42(68)22-21-41(66)67)27-45(71)79-38-31-60(4)48(54(72)61(5)47(38)55(73)74)51(85-46-29-34(63)37(30-58)80-46)49-35(64)28-40(82-49)62-24-23-39(65)59-57(62)75/h13-14,16-17,23-24,32-38,40,46-53,56,63-64H,8-12,15,18-22,25-31,58H2,1-7H3,(H,66,67)(H,73,74)(H,59,65,75)/b14-13-,17-16-/t32-,33-,34+,35+,36-,37-,38-,40-,46+,47-,48+,49+,50-,51+,52-,53+,56+/m1/s1. The van der Waals surface area contributed by atoms with Gasteiger partial charge >= 0.3 is 41.5 Å². The van der Waals surface area contributed by atoms with Crippen molar-refractivity contribution in [2.24, 2.45) is 11.7 Å². The van der Waals surface area contributed by atoms with Crippen molar-refractivity contribution in [3.8, 4) is 0 Å². The van der Waals surface area contributed by atoms with Gasteiger partial charge in [-0.2, -0.15) is 0 Å². The minimum absolute atomic E-state index is 0.0952. The molecule has 5 heterocycles. The zero-order valence-electron chi connectivity index (χ0n) is 49.5. The van der Waals surface area contributed by atoms with Gasteiger partial charge in [-0.3, -0.25) is 48.0 Å². The van der Waals surface area contributed by atoms with Crippen molar-refractivity contribution >= 4 is 41.7 Å². The van der Waals surface area contributed by atoms with Crippen LogP contribution in [0, 0.1) is 5.92 Å². The Labute approximate surface area is 493 Å². The number of likely N-dealkylation sites (N-methyl/N-ethyl adjacent to an activating group) is 2. The van der Waals surface area contributed by atoms with Gasteiger partial charge in [-0.15, -0.1) is 0 Å². The van der Waals surface area contributed by atoms with Gasteiger partial charge in [0.05, 0.1) is 43.7 Å². The largest absolute Gasteiger partial charge is 0.481 e. The summed E-state index contributed by atoms with van der Waals surface area (Å²) >= 11 is 0. The smallest absolute Gasteiger partial charge is 0.330 e. The Morgan fingerprint density at radius 1 is 0.788 bits per heavy atom. The molecule has 28 heteroatoms. The van der Waals surface area contributed by atoms with E-state index in [4.69, 9.17) is 58.2 Å². The lowest BCUT2D eigenvalue weighted by molar-refractivity contribution is -0.299. The van der Waals surface area contributed by atoms with Crippen LogP contribution in [0.5, 0.6) is 0 Å². The number of aliphatic hydroxyl groups excluding tert-OH is 2. The number of hydrogen-bond donors (Lipinski definition) is 6. The van der Waals surface area contributed by atoms with E-state index in [0.29, 0.717) is 25.7 Å². The fraction of sp³-hybridized carbons (Fsp3) is 0.737. The normalized spacial score (nSPS) is 29.3. The summed E-state index contributed by atoms with van der Waals surface area (Å²) < 4.78 is 59.8. The van der Waals surface area contributed by atoms with Crippen LogP contribution < -0.4 is 17.0 Å². The molecule has 0 aliphatic carbocycles. The second-order valence-electron chi connectivity index (χ2n) is 21.9. The molecule has 0 aromatic carbocycles. The maximum atomic E-state index is 14.7. The summed E-state index contributed by atoms with van der Waals surface area (Å²) in [6.45, 7) is 4.98. The molecule has 7 N–H and O–H groups in total. The topological polar surface area (TPSA) is 380 Å². The van der Waals surface area contributed by atoms with E-state index in [-0.39, 0.29) is 38.6 Å². The predicted octanol–water partition coefficient (Wildman–Crippen LogP) is 1.60. The van der Waals surface area contributed by atoms with Crippen LogP contribution in [0.25, 0.3) is 0 Å².